The van der Waals surface area contributed by atoms with Gasteiger partial charge in [0.25, 0.3) is 5.91 Å². The first-order valence-electron chi connectivity index (χ1n) is 6.34. The summed E-state index contributed by atoms with van der Waals surface area (Å²) >= 11 is 11.9. The number of carbonyl (C=O) groups is 1. The molecule has 3 aromatic rings. The lowest BCUT2D eigenvalue weighted by molar-refractivity contribution is 0.0948. The van der Waals surface area contributed by atoms with Gasteiger partial charge in [0.15, 0.2) is 5.82 Å². The van der Waals surface area contributed by atoms with Gasteiger partial charge in [-0.25, -0.2) is 0 Å². The van der Waals surface area contributed by atoms with E-state index in [1.54, 1.807) is 48.5 Å². The largest absolute Gasteiger partial charge is 0.368 e. The van der Waals surface area contributed by atoms with Crippen molar-refractivity contribution >= 4 is 35.1 Å². The lowest BCUT2D eigenvalue weighted by Crippen LogP contribution is -2.16. The minimum Gasteiger partial charge on any atom is -0.368 e. The Labute approximate surface area is 136 Å². The second-order valence-electron chi connectivity index (χ2n) is 4.50. The van der Waals surface area contributed by atoms with Crippen molar-refractivity contribution in [3.8, 4) is 11.4 Å². The Bertz CT molecular complexity index is 843. The minimum atomic E-state index is -0.434. The maximum Gasteiger partial charge on any atom is 0.282 e. The smallest absolute Gasteiger partial charge is 0.282 e. The van der Waals surface area contributed by atoms with Crippen molar-refractivity contribution in [3.63, 3.8) is 0 Å². The van der Waals surface area contributed by atoms with Gasteiger partial charge in [0.05, 0.1) is 10.6 Å². The number of hydrogen-bond donors (Lipinski definition) is 1. The van der Waals surface area contributed by atoms with Gasteiger partial charge in [0.2, 0.25) is 5.95 Å². The summed E-state index contributed by atoms with van der Waals surface area (Å²) < 4.78 is 1.03. The van der Waals surface area contributed by atoms with Crippen LogP contribution in [0.3, 0.4) is 0 Å². The second kappa shape index (κ2) is 5.79. The normalized spacial score (nSPS) is 10.6. The van der Waals surface area contributed by atoms with Crippen LogP contribution in [0.5, 0.6) is 0 Å². The van der Waals surface area contributed by atoms with Crippen LogP contribution in [0.4, 0.5) is 5.95 Å². The van der Waals surface area contributed by atoms with Crippen LogP contribution in [0.1, 0.15) is 10.4 Å². The van der Waals surface area contributed by atoms with Gasteiger partial charge < -0.3 is 5.73 Å². The van der Waals surface area contributed by atoms with Gasteiger partial charge in [-0.1, -0.05) is 35.3 Å². The van der Waals surface area contributed by atoms with E-state index < -0.39 is 5.91 Å². The maximum atomic E-state index is 12.5. The fourth-order valence-corrected chi connectivity index (χ4v) is 2.29. The first kappa shape index (κ1) is 14.6. The Morgan fingerprint density at radius 1 is 1.05 bits per heavy atom. The third-order valence-electron chi connectivity index (χ3n) is 3.03. The van der Waals surface area contributed by atoms with Crippen molar-refractivity contribution < 1.29 is 4.79 Å². The van der Waals surface area contributed by atoms with Crippen molar-refractivity contribution in [3.05, 3.63) is 64.1 Å². The SMILES string of the molecule is Nc1nc(-c2ccc(Cl)cc2)nn1C(=O)c1ccccc1Cl. The molecule has 0 spiro atoms. The molecule has 5 nitrogen and oxygen atoms in total. The number of nitrogens with two attached hydrogens (primary N) is 1. The summed E-state index contributed by atoms with van der Waals surface area (Å²) in [5.74, 6) is -0.0970. The molecule has 0 atom stereocenters. The van der Waals surface area contributed by atoms with Crippen LogP contribution in [0.2, 0.25) is 10.0 Å². The van der Waals surface area contributed by atoms with Gasteiger partial charge >= 0.3 is 0 Å². The van der Waals surface area contributed by atoms with Gasteiger partial charge in [0, 0.05) is 10.6 Å². The van der Waals surface area contributed by atoms with Crippen LogP contribution >= 0.6 is 23.2 Å². The van der Waals surface area contributed by atoms with Crippen LogP contribution in [-0.2, 0) is 0 Å². The van der Waals surface area contributed by atoms with Gasteiger partial charge in [0.1, 0.15) is 0 Å². The highest BCUT2D eigenvalue weighted by atomic mass is 35.5. The fraction of sp³-hybridized carbons (Fsp3) is 0. The number of halogens is 2. The Morgan fingerprint density at radius 2 is 1.73 bits per heavy atom. The Morgan fingerprint density at radius 3 is 2.41 bits per heavy atom. The van der Waals surface area contributed by atoms with Gasteiger partial charge in [-0.05, 0) is 36.4 Å². The Hall–Kier alpha value is -2.37. The monoisotopic (exact) mass is 332 g/mol. The topological polar surface area (TPSA) is 73.8 Å². The van der Waals surface area contributed by atoms with Crippen LogP contribution in [0, 0.1) is 0 Å². The number of anilines is 1. The number of hydrogen-bond acceptors (Lipinski definition) is 4. The molecule has 22 heavy (non-hydrogen) atoms. The lowest BCUT2D eigenvalue weighted by Gasteiger charge is -2.03. The molecule has 7 heteroatoms. The van der Waals surface area contributed by atoms with Crippen molar-refractivity contribution in [1.29, 1.82) is 0 Å². The number of aromatic nitrogens is 3. The zero-order chi connectivity index (χ0) is 15.7. The van der Waals surface area contributed by atoms with Crippen LogP contribution in [-0.4, -0.2) is 20.7 Å². The third-order valence-corrected chi connectivity index (χ3v) is 3.61. The second-order valence-corrected chi connectivity index (χ2v) is 5.34. The predicted octanol–water partition coefficient (Wildman–Crippen LogP) is 3.52. The van der Waals surface area contributed by atoms with E-state index in [0.717, 1.165) is 4.68 Å². The first-order chi connectivity index (χ1) is 10.6. The van der Waals surface area contributed by atoms with Gasteiger partial charge in [-0.3, -0.25) is 4.79 Å². The van der Waals surface area contributed by atoms with E-state index in [2.05, 4.69) is 10.1 Å². The summed E-state index contributed by atoms with van der Waals surface area (Å²) in [5.41, 5.74) is 6.82. The molecule has 2 aromatic carbocycles. The van der Waals surface area contributed by atoms with Crippen molar-refractivity contribution in [2.75, 3.05) is 5.73 Å². The van der Waals surface area contributed by atoms with Gasteiger partial charge in [-0.15, -0.1) is 5.10 Å². The standard InChI is InChI=1S/C15H10Cl2N4O/c16-10-7-5-9(6-8-10)13-19-15(18)21(20-13)14(22)11-3-1-2-4-12(11)17/h1-8H,(H2,18,19,20). The maximum absolute atomic E-state index is 12.5. The van der Waals surface area contributed by atoms with E-state index in [-0.39, 0.29) is 5.95 Å². The summed E-state index contributed by atoms with van der Waals surface area (Å²) in [4.78, 5) is 16.6. The summed E-state index contributed by atoms with van der Waals surface area (Å²) in [7, 11) is 0. The fourth-order valence-electron chi connectivity index (χ4n) is 1.94. The predicted molar refractivity (Wildman–Crippen MR) is 86.1 cm³/mol. The summed E-state index contributed by atoms with van der Waals surface area (Å²) in [6.07, 6.45) is 0. The molecule has 2 N–H and O–H groups in total. The summed E-state index contributed by atoms with van der Waals surface area (Å²) in [6, 6.07) is 13.6. The van der Waals surface area contributed by atoms with E-state index in [9.17, 15) is 4.79 Å². The van der Waals surface area contributed by atoms with E-state index in [4.69, 9.17) is 28.9 Å². The van der Waals surface area contributed by atoms with Crippen LogP contribution < -0.4 is 5.73 Å². The number of rotatable bonds is 2. The Balaban J connectivity index is 2.01. The zero-order valence-electron chi connectivity index (χ0n) is 11.2. The van der Waals surface area contributed by atoms with Crippen molar-refractivity contribution in [1.82, 2.24) is 14.8 Å². The molecule has 1 heterocycles. The average molecular weight is 333 g/mol. The molecular formula is C15H10Cl2N4O. The van der Waals surface area contributed by atoms with Crippen LogP contribution in [0.15, 0.2) is 48.5 Å². The molecule has 0 saturated heterocycles. The molecule has 0 aliphatic rings. The van der Waals surface area contributed by atoms with E-state index in [1.807, 2.05) is 0 Å². The summed E-state index contributed by atoms with van der Waals surface area (Å²) in [6.45, 7) is 0. The molecule has 0 bridgehead atoms. The number of benzene rings is 2. The summed E-state index contributed by atoms with van der Waals surface area (Å²) in [5, 5.41) is 5.09. The molecule has 0 fully saturated rings. The van der Waals surface area contributed by atoms with Crippen molar-refractivity contribution in [2.45, 2.75) is 0 Å². The Kier molecular flexibility index (Phi) is 3.83. The molecule has 0 aliphatic heterocycles. The molecule has 0 unspecified atom stereocenters. The van der Waals surface area contributed by atoms with Crippen molar-refractivity contribution in [2.24, 2.45) is 0 Å². The molecule has 0 radical (unpaired) electrons. The first-order valence-corrected chi connectivity index (χ1v) is 7.09. The lowest BCUT2D eigenvalue weighted by atomic mass is 10.2. The molecule has 0 aliphatic carbocycles. The number of nitrogen functional groups attached to an aromatic ring is 1. The molecule has 0 saturated carbocycles. The number of carbonyl (C=O) groups excluding carboxylic acids is 1. The third kappa shape index (κ3) is 2.68. The highest BCUT2D eigenvalue weighted by Gasteiger charge is 2.18. The van der Waals surface area contributed by atoms with Crippen LogP contribution in [0.25, 0.3) is 11.4 Å². The van der Waals surface area contributed by atoms with E-state index >= 15 is 0 Å². The zero-order valence-corrected chi connectivity index (χ0v) is 12.7. The minimum absolute atomic E-state index is 0.00475. The quantitative estimate of drug-likeness (QED) is 0.779. The molecule has 3 rings (SSSR count). The highest BCUT2D eigenvalue weighted by Crippen LogP contribution is 2.21. The molecule has 110 valence electrons. The average Bonchev–Trinajstić information content (AvgIpc) is 2.90. The number of nitrogens with zero attached hydrogens (tertiary/aromatic N) is 3. The van der Waals surface area contributed by atoms with Gasteiger partial charge in [-0.2, -0.15) is 9.67 Å². The van der Waals surface area contributed by atoms with E-state index in [1.165, 1.54) is 0 Å². The molecule has 1 aromatic heterocycles. The molecule has 0 amide bonds. The highest BCUT2D eigenvalue weighted by molar-refractivity contribution is 6.34. The van der Waals surface area contributed by atoms with E-state index in [0.29, 0.717) is 27.0 Å². The molecular weight excluding hydrogens is 323 g/mol.